The minimum atomic E-state index is -3.61. The zero-order valence-electron chi connectivity index (χ0n) is 22.8. The van der Waals surface area contributed by atoms with Crippen molar-refractivity contribution in [3.05, 3.63) is 48.0 Å². The van der Waals surface area contributed by atoms with E-state index in [0.29, 0.717) is 42.6 Å². The Hall–Kier alpha value is -2.24. The number of hydrogen-bond donors (Lipinski definition) is 0. The molecular weight excluding hydrogens is 544 g/mol. The average Bonchev–Trinajstić information content (AvgIpc) is 3.34. The van der Waals surface area contributed by atoms with Gasteiger partial charge in [0.15, 0.2) is 5.13 Å². The molecule has 0 saturated heterocycles. The Morgan fingerprint density at radius 3 is 2.21 bits per heavy atom. The van der Waals surface area contributed by atoms with Crippen molar-refractivity contribution in [3.8, 4) is 5.75 Å². The molecule has 0 unspecified atom stereocenters. The first-order valence-corrected chi connectivity index (χ1v) is 15.1. The fourth-order valence-electron chi connectivity index (χ4n) is 4.06. The summed E-state index contributed by atoms with van der Waals surface area (Å²) in [6.07, 6.45) is 1.72. The van der Waals surface area contributed by atoms with Crippen LogP contribution in [0.15, 0.2) is 47.4 Å². The summed E-state index contributed by atoms with van der Waals surface area (Å²) in [6, 6.07) is 11.9. The van der Waals surface area contributed by atoms with Gasteiger partial charge in [-0.15, -0.1) is 12.4 Å². The predicted molar refractivity (Wildman–Crippen MR) is 159 cm³/mol. The quantitative estimate of drug-likeness (QED) is 0.249. The van der Waals surface area contributed by atoms with E-state index in [4.69, 9.17) is 9.72 Å². The van der Waals surface area contributed by atoms with Crippen molar-refractivity contribution in [2.24, 2.45) is 0 Å². The number of aromatic nitrogens is 1. The molecule has 1 heterocycles. The number of ether oxygens (including phenoxy) is 1. The van der Waals surface area contributed by atoms with E-state index in [2.05, 4.69) is 18.7 Å². The summed E-state index contributed by atoms with van der Waals surface area (Å²) < 4.78 is 34.0. The number of halogens is 1. The van der Waals surface area contributed by atoms with Crippen LogP contribution in [0.2, 0.25) is 0 Å². The van der Waals surface area contributed by atoms with Gasteiger partial charge in [0.1, 0.15) is 5.75 Å². The van der Waals surface area contributed by atoms with Crippen LogP contribution >= 0.6 is 23.7 Å². The largest absolute Gasteiger partial charge is 0.497 e. The zero-order chi connectivity index (χ0) is 27.0. The maximum absolute atomic E-state index is 13.7. The van der Waals surface area contributed by atoms with Gasteiger partial charge in [-0.25, -0.2) is 13.4 Å². The number of nitrogens with zero attached hydrogens (tertiary/aromatic N) is 4. The second-order valence-electron chi connectivity index (χ2n) is 8.69. The lowest BCUT2D eigenvalue weighted by Gasteiger charge is -2.25. The number of carbonyl (C=O) groups excluding carboxylic acids is 1. The molecule has 1 aromatic heterocycles. The third-order valence-electron chi connectivity index (χ3n) is 6.45. The van der Waals surface area contributed by atoms with Crippen molar-refractivity contribution in [1.82, 2.24) is 14.2 Å². The van der Waals surface area contributed by atoms with Crippen molar-refractivity contribution >= 4 is 55.0 Å². The number of methoxy groups -OCH3 is 1. The van der Waals surface area contributed by atoms with Crippen LogP contribution in [0, 0.1) is 0 Å². The van der Waals surface area contributed by atoms with E-state index in [1.54, 1.807) is 24.1 Å². The highest BCUT2D eigenvalue weighted by molar-refractivity contribution is 7.89. The number of fused-ring (bicyclic) bond motifs is 1. The molecule has 0 fully saturated rings. The van der Waals surface area contributed by atoms with Gasteiger partial charge in [-0.05, 0) is 55.9 Å². The number of likely N-dealkylation sites (N-methyl/N-ethyl adjacent to an activating group) is 1. The van der Waals surface area contributed by atoms with E-state index in [0.717, 1.165) is 36.1 Å². The SMILES string of the molecule is CCCCN(CC)S(=O)(=O)c1ccc(C(=O)N(CCN(CC)CC)c2nc3cc(OC)ccc3s2)cc1.Cl. The lowest BCUT2D eigenvalue weighted by Crippen LogP contribution is -2.39. The minimum absolute atomic E-state index is 0. The molecule has 0 N–H and O–H groups in total. The summed E-state index contributed by atoms with van der Waals surface area (Å²) in [5.74, 6) is 0.502. The molecular formula is C27H39ClN4O4S2. The Morgan fingerprint density at radius 2 is 1.63 bits per heavy atom. The molecule has 38 heavy (non-hydrogen) atoms. The molecule has 0 bridgehead atoms. The molecule has 0 aliphatic heterocycles. The summed E-state index contributed by atoms with van der Waals surface area (Å²) in [5.41, 5.74) is 1.19. The van der Waals surface area contributed by atoms with Crippen molar-refractivity contribution in [3.63, 3.8) is 0 Å². The van der Waals surface area contributed by atoms with Crippen molar-refractivity contribution in [1.29, 1.82) is 0 Å². The van der Waals surface area contributed by atoms with Crippen molar-refractivity contribution in [2.45, 2.75) is 45.4 Å². The van der Waals surface area contributed by atoms with Crippen LogP contribution in [0.25, 0.3) is 10.2 Å². The number of thiazole rings is 1. The van der Waals surface area contributed by atoms with E-state index in [1.165, 1.54) is 27.8 Å². The van der Waals surface area contributed by atoms with Crippen LogP contribution in [-0.2, 0) is 10.0 Å². The van der Waals surface area contributed by atoms with Gasteiger partial charge in [-0.1, -0.05) is 45.5 Å². The van der Waals surface area contributed by atoms with Crippen LogP contribution in [0.3, 0.4) is 0 Å². The molecule has 0 saturated carbocycles. The molecule has 0 atom stereocenters. The molecule has 210 valence electrons. The summed E-state index contributed by atoms with van der Waals surface area (Å²) in [7, 11) is -2.00. The van der Waals surface area contributed by atoms with Crippen molar-refractivity contribution < 1.29 is 17.9 Å². The summed E-state index contributed by atoms with van der Waals surface area (Å²) >= 11 is 1.45. The Bertz CT molecular complexity index is 1280. The lowest BCUT2D eigenvalue weighted by molar-refractivity contribution is 0.0983. The van der Waals surface area contributed by atoms with E-state index < -0.39 is 10.0 Å². The van der Waals surface area contributed by atoms with E-state index in [1.807, 2.05) is 32.0 Å². The van der Waals surface area contributed by atoms with Crippen LogP contribution in [-0.4, -0.2) is 74.9 Å². The number of benzene rings is 2. The van der Waals surface area contributed by atoms with Crippen LogP contribution in [0.5, 0.6) is 5.75 Å². The van der Waals surface area contributed by atoms with Crippen LogP contribution < -0.4 is 9.64 Å². The second kappa shape index (κ2) is 14.8. The standard InChI is InChI=1S/C27H38N4O4S2.ClH/c1-6-10-17-30(9-4)37(33,34)23-14-11-21(12-15-23)26(32)31(19-18-29(7-2)8-3)27-28-24-20-22(35-5)13-16-25(24)36-27;/h11-16,20H,6-10,17-19H2,1-5H3;1H. The highest BCUT2D eigenvalue weighted by Gasteiger charge is 2.25. The summed E-state index contributed by atoms with van der Waals surface area (Å²) in [4.78, 5) is 22.6. The van der Waals surface area contributed by atoms with E-state index >= 15 is 0 Å². The minimum Gasteiger partial charge on any atom is -0.497 e. The molecule has 3 rings (SSSR count). The first-order valence-electron chi connectivity index (χ1n) is 12.9. The van der Waals surface area contributed by atoms with E-state index in [9.17, 15) is 13.2 Å². The first-order chi connectivity index (χ1) is 17.8. The average molecular weight is 583 g/mol. The molecule has 0 radical (unpaired) electrons. The third kappa shape index (κ3) is 7.45. The number of amides is 1. The number of unbranched alkanes of at least 4 members (excludes halogenated alkanes) is 1. The van der Waals surface area contributed by atoms with Crippen molar-refractivity contribution in [2.75, 3.05) is 51.3 Å². The van der Waals surface area contributed by atoms with Gasteiger partial charge >= 0.3 is 0 Å². The molecule has 11 heteroatoms. The molecule has 1 amide bonds. The highest BCUT2D eigenvalue weighted by Crippen LogP contribution is 2.32. The first kappa shape index (κ1) is 32.0. The Balaban J connectivity index is 0.00000507. The van der Waals surface area contributed by atoms with Crippen LogP contribution in [0.1, 0.15) is 50.9 Å². The number of rotatable bonds is 14. The van der Waals surface area contributed by atoms with Gasteiger partial charge in [0.05, 0.1) is 22.2 Å². The monoisotopic (exact) mass is 582 g/mol. The summed E-state index contributed by atoms with van der Waals surface area (Å²) in [5, 5.41) is 0.605. The maximum Gasteiger partial charge on any atom is 0.260 e. The fourth-order valence-corrected chi connectivity index (χ4v) is 6.52. The predicted octanol–water partition coefficient (Wildman–Crippen LogP) is 5.53. The highest BCUT2D eigenvalue weighted by atomic mass is 35.5. The topological polar surface area (TPSA) is 83.1 Å². The molecule has 8 nitrogen and oxygen atoms in total. The second-order valence-corrected chi connectivity index (χ2v) is 11.6. The van der Waals surface area contributed by atoms with Gasteiger partial charge in [-0.3, -0.25) is 9.69 Å². The van der Waals surface area contributed by atoms with Gasteiger partial charge in [0.2, 0.25) is 10.0 Å². The fraction of sp³-hybridized carbons (Fsp3) is 0.481. The third-order valence-corrected chi connectivity index (χ3v) is 9.49. The molecule has 2 aromatic carbocycles. The van der Waals surface area contributed by atoms with Gasteiger partial charge in [0, 0.05) is 37.8 Å². The molecule has 0 aliphatic rings. The van der Waals surface area contributed by atoms with Gasteiger partial charge in [-0.2, -0.15) is 4.31 Å². The molecule has 0 aliphatic carbocycles. The summed E-state index contributed by atoms with van der Waals surface area (Å²) in [6.45, 7) is 11.9. The van der Waals surface area contributed by atoms with Gasteiger partial charge < -0.3 is 9.64 Å². The Morgan fingerprint density at radius 1 is 0.947 bits per heavy atom. The maximum atomic E-state index is 13.7. The molecule has 0 spiro atoms. The Labute approximate surface area is 237 Å². The number of anilines is 1. The lowest BCUT2D eigenvalue weighted by atomic mass is 10.2. The number of hydrogen-bond acceptors (Lipinski definition) is 7. The number of sulfonamides is 1. The normalized spacial score (nSPS) is 11.7. The van der Waals surface area contributed by atoms with Crippen LogP contribution in [0.4, 0.5) is 5.13 Å². The smallest absolute Gasteiger partial charge is 0.260 e. The Kier molecular flexibility index (Phi) is 12.4. The van der Waals surface area contributed by atoms with Gasteiger partial charge in [0.25, 0.3) is 5.91 Å². The molecule has 3 aromatic rings. The van der Waals surface area contributed by atoms with E-state index in [-0.39, 0.29) is 23.2 Å². The zero-order valence-corrected chi connectivity index (χ0v) is 25.3. The number of carbonyl (C=O) groups is 1.